The molecular formula is C21H21N. The predicted octanol–water partition coefficient (Wildman–Crippen LogP) is 5.10. The molecule has 1 aliphatic carbocycles. The maximum absolute atomic E-state index is 2.44. The van der Waals surface area contributed by atoms with Crippen LogP contribution in [0.3, 0.4) is 0 Å². The topological polar surface area (TPSA) is 3.24 Å². The lowest BCUT2D eigenvalue weighted by Gasteiger charge is -2.24. The van der Waals surface area contributed by atoms with Gasteiger partial charge in [-0.2, -0.15) is 0 Å². The van der Waals surface area contributed by atoms with E-state index in [9.17, 15) is 0 Å². The molecule has 1 saturated heterocycles. The Morgan fingerprint density at radius 2 is 1.23 bits per heavy atom. The van der Waals surface area contributed by atoms with E-state index in [1.165, 1.54) is 60.2 Å². The summed E-state index contributed by atoms with van der Waals surface area (Å²) in [5, 5.41) is 0. The SMILES string of the molecule is C(/C=C/N1CCCCC1)=C1c2ccccc2-c2ccccc21. The second kappa shape index (κ2) is 5.84. The fourth-order valence-corrected chi connectivity index (χ4v) is 3.56. The molecule has 2 aromatic carbocycles. The number of hydrogen-bond acceptors (Lipinski definition) is 1. The molecule has 4 rings (SSSR count). The summed E-state index contributed by atoms with van der Waals surface area (Å²) in [5.74, 6) is 0. The number of rotatable bonds is 2. The van der Waals surface area contributed by atoms with Crippen molar-refractivity contribution in [2.75, 3.05) is 13.1 Å². The zero-order chi connectivity index (χ0) is 14.8. The van der Waals surface area contributed by atoms with Crippen LogP contribution in [-0.2, 0) is 0 Å². The molecule has 1 aliphatic heterocycles. The molecule has 0 atom stereocenters. The minimum atomic E-state index is 1.20. The zero-order valence-electron chi connectivity index (χ0n) is 12.8. The third kappa shape index (κ3) is 2.37. The van der Waals surface area contributed by atoms with E-state index in [1.54, 1.807) is 0 Å². The summed E-state index contributed by atoms with van der Waals surface area (Å²) >= 11 is 0. The van der Waals surface area contributed by atoms with Crippen LogP contribution < -0.4 is 0 Å². The van der Waals surface area contributed by atoms with Gasteiger partial charge in [0.1, 0.15) is 0 Å². The highest BCUT2D eigenvalue weighted by atomic mass is 15.1. The third-order valence-corrected chi connectivity index (χ3v) is 4.68. The van der Waals surface area contributed by atoms with E-state index < -0.39 is 0 Å². The van der Waals surface area contributed by atoms with Crippen molar-refractivity contribution in [2.45, 2.75) is 19.3 Å². The van der Waals surface area contributed by atoms with Crippen molar-refractivity contribution < 1.29 is 0 Å². The lowest BCUT2D eigenvalue weighted by Crippen LogP contribution is -2.23. The van der Waals surface area contributed by atoms with Crippen molar-refractivity contribution in [1.82, 2.24) is 4.90 Å². The van der Waals surface area contributed by atoms with E-state index in [-0.39, 0.29) is 0 Å². The van der Waals surface area contributed by atoms with E-state index in [0.717, 1.165) is 0 Å². The predicted molar refractivity (Wildman–Crippen MR) is 93.5 cm³/mol. The molecule has 1 fully saturated rings. The molecule has 1 heteroatoms. The molecule has 0 N–H and O–H groups in total. The Morgan fingerprint density at radius 3 is 1.82 bits per heavy atom. The van der Waals surface area contributed by atoms with Gasteiger partial charge in [-0.25, -0.2) is 0 Å². The van der Waals surface area contributed by atoms with Gasteiger partial charge in [-0.3, -0.25) is 0 Å². The van der Waals surface area contributed by atoms with Gasteiger partial charge in [0.2, 0.25) is 0 Å². The van der Waals surface area contributed by atoms with Crippen LogP contribution in [0.25, 0.3) is 16.7 Å². The molecule has 0 amide bonds. The van der Waals surface area contributed by atoms with E-state index in [2.05, 4.69) is 71.8 Å². The largest absolute Gasteiger partial charge is 0.377 e. The van der Waals surface area contributed by atoms with Gasteiger partial charge in [-0.15, -0.1) is 0 Å². The first-order chi connectivity index (χ1) is 10.9. The Balaban J connectivity index is 1.69. The fraction of sp³-hybridized carbons (Fsp3) is 0.238. The molecule has 0 bridgehead atoms. The summed E-state index contributed by atoms with van der Waals surface area (Å²) in [6.45, 7) is 2.40. The third-order valence-electron chi connectivity index (χ3n) is 4.68. The lowest BCUT2D eigenvalue weighted by atomic mass is 10.0. The minimum absolute atomic E-state index is 1.20. The average Bonchev–Trinajstić information content (AvgIpc) is 2.91. The molecule has 1 nitrogen and oxygen atoms in total. The van der Waals surface area contributed by atoms with Crippen LogP contribution in [0.4, 0.5) is 0 Å². The van der Waals surface area contributed by atoms with E-state index >= 15 is 0 Å². The Labute approximate surface area is 132 Å². The van der Waals surface area contributed by atoms with Crippen molar-refractivity contribution in [2.24, 2.45) is 0 Å². The number of nitrogens with zero attached hydrogens (tertiary/aromatic N) is 1. The standard InChI is InChI=1S/C21H21N/c1-6-14-22(15-7-1)16-8-13-21-19-11-4-2-9-17(19)18-10-3-5-12-20(18)21/h2-5,8-13,16H,1,6-7,14-15H2/b16-8+. The normalized spacial score (nSPS) is 16.7. The number of hydrogen-bond donors (Lipinski definition) is 0. The molecule has 0 unspecified atom stereocenters. The molecule has 0 spiro atoms. The molecule has 0 saturated carbocycles. The number of allylic oxidation sites excluding steroid dienone is 2. The first-order valence-electron chi connectivity index (χ1n) is 8.25. The van der Waals surface area contributed by atoms with Crippen molar-refractivity contribution >= 4 is 5.57 Å². The summed E-state index contributed by atoms with van der Waals surface area (Å²) in [6, 6.07) is 17.4. The molecule has 1 heterocycles. The smallest absolute Gasteiger partial charge is 0.0172 e. The molecule has 110 valence electrons. The number of benzene rings is 2. The van der Waals surface area contributed by atoms with Crippen LogP contribution in [0, 0.1) is 0 Å². The van der Waals surface area contributed by atoms with Crippen molar-refractivity contribution in [3.05, 3.63) is 78.0 Å². The second-order valence-electron chi connectivity index (χ2n) is 6.11. The molecule has 0 radical (unpaired) electrons. The summed E-state index contributed by atoms with van der Waals surface area (Å²) in [6.07, 6.45) is 10.8. The average molecular weight is 287 g/mol. The van der Waals surface area contributed by atoms with Crippen LogP contribution in [0.1, 0.15) is 30.4 Å². The van der Waals surface area contributed by atoms with E-state index in [0.29, 0.717) is 0 Å². The first kappa shape index (κ1) is 13.4. The Hall–Kier alpha value is -2.28. The van der Waals surface area contributed by atoms with Gasteiger partial charge in [0.15, 0.2) is 0 Å². The number of piperidine rings is 1. The van der Waals surface area contributed by atoms with Gasteiger partial charge >= 0.3 is 0 Å². The molecule has 22 heavy (non-hydrogen) atoms. The van der Waals surface area contributed by atoms with Crippen LogP contribution in [0.15, 0.2) is 66.9 Å². The Bertz CT molecular complexity index is 686. The van der Waals surface area contributed by atoms with Crippen LogP contribution in [0.5, 0.6) is 0 Å². The molecule has 2 aliphatic rings. The molecular weight excluding hydrogens is 266 g/mol. The maximum Gasteiger partial charge on any atom is 0.0172 e. The Morgan fingerprint density at radius 1 is 0.682 bits per heavy atom. The van der Waals surface area contributed by atoms with Crippen LogP contribution in [-0.4, -0.2) is 18.0 Å². The first-order valence-corrected chi connectivity index (χ1v) is 8.25. The van der Waals surface area contributed by atoms with Crippen molar-refractivity contribution in [3.8, 4) is 11.1 Å². The van der Waals surface area contributed by atoms with E-state index in [4.69, 9.17) is 0 Å². The molecule has 2 aromatic rings. The fourth-order valence-electron chi connectivity index (χ4n) is 3.56. The Kier molecular flexibility index (Phi) is 3.56. The van der Waals surface area contributed by atoms with Gasteiger partial charge in [-0.05, 0) is 59.4 Å². The van der Waals surface area contributed by atoms with E-state index in [1.807, 2.05) is 0 Å². The highest BCUT2D eigenvalue weighted by Gasteiger charge is 2.21. The second-order valence-corrected chi connectivity index (χ2v) is 6.11. The summed E-state index contributed by atoms with van der Waals surface area (Å²) in [7, 11) is 0. The molecule has 0 aromatic heterocycles. The van der Waals surface area contributed by atoms with Gasteiger partial charge in [-0.1, -0.05) is 54.6 Å². The highest BCUT2D eigenvalue weighted by molar-refractivity contribution is 6.01. The van der Waals surface area contributed by atoms with Crippen molar-refractivity contribution in [3.63, 3.8) is 0 Å². The van der Waals surface area contributed by atoms with Gasteiger partial charge in [0, 0.05) is 13.1 Å². The number of fused-ring (bicyclic) bond motifs is 3. The van der Waals surface area contributed by atoms with Gasteiger partial charge < -0.3 is 4.90 Å². The summed E-state index contributed by atoms with van der Waals surface area (Å²) < 4.78 is 0. The maximum atomic E-state index is 2.44. The minimum Gasteiger partial charge on any atom is -0.377 e. The van der Waals surface area contributed by atoms with Gasteiger partial charge in [0.05, 0.1) is 0 Å². The number of likely N-dealkylation sites (tertiary alicyclic amines) is 1. The summed E-state index contributed by atoms with van der Waals surface area (Å²) in [5.41, 5.74) is 6.77. The van der Waals surface area contributed by atoms with Crippen molar-refractivity contribution in [1.29, 1.82) is 0 Å². The van der Waals surface area contributed by atoms with Gasteiger partial charge in [0.25, 0.3) is 0 Å². The van der Waals surface area contributed by atoms with Crippen LogP contribution >= 0.6 is 0 Å². The zero-order valence-corrected chi connectivity index (χ0v) is 12.8. The quantitative estimate of drug-likeness (QED) is 0.634. The van der Waals surface area contributed by atoms with Crippen LogP contribution in [0.2, 0.25) is 0 Å². The monoisotopic (exact) mass is 287 g/mol. The highest BCUT2D eigenvalue weighted by Crippen LogP contribution is 2.43. The summed E-state index contributed by atoms with van der Waals surface area (Å²) in [4.78, 5) is 2.44. The lowest BCUT2D eigenvalue weighted by molar-refractivity contribution is 0.309.